The number of nitrogens with zero attached hydrogens (tertiary/aromatic N) is 1. The average molecular weight is 250 g/mol. The molecule has 72 valence electrons. The molecule has 0 aliphatic carbocycles. The summed E-state index contributed by atoms with van der Waals surface area (Å²) in [6, 6.07) is 8.30. The Kier molecular flexibility index (Phi) is 2.55. The molecule has 0 atom stereocenters. The highest BCUT2D eigenvalue weighted by molar-refractivity contribution is 9.10. The van der Waals surface area contributed by atoms with Crippen LogP contribution in [0.5, 0.6) is 0 Å². The van der Waals surface area contributed by atoms with Crippen LogP contribution < -0.4 is 0 Å². The molecule has 0 saturated carbocycles. The predicted molar refractivity (Wildman–Crippen MR) is 63.5 cm³/mol. The second-order valence-corrected chi connectivity index (χ2v) is 4.55. The summed E-state index contributed by atoms with van der Waals surface area (Å²) in [7, 11) is 0. The molecule has 14 heavy (non-hydrogen) atoms. The van der Waals surface area contributed by atoms with Gasteiger partial charge in [-0.15, -0.1) is 0 Å². The zero-order valence-electron chi connectivity index (χ0n) is 8.29. The SMILES string of the molecule is CC(C)c1ccc(Br)c2cccnc12. The lowest BCUT2D eigenvalue weighted by atomic mass is 10.00. The zero-order chi connectivity index (χ0) is 10.1. The number of aromatic nitrogens is 1. The first-order chi connectivity index (χ1) is 6.70. The first-order valence-corrected chi connectivity index (χ1v) is 5.52. The smallest absolute Gasteiger partial charge is 0.0747 e. The van der Waals surface area contributed by atoms with E-state index in [2.05, 4.69) is 53.0 Å². The number of pyridine rings is 1. The van der Waals surface area contributed by atoms with Crippen LogP contribution in [0.25, 0.3) is 10.9 Å². The predicted octanol–water partition coefficient (Wildman–Crippen LogP) is 4.12. The number of hydrogen-bond donors (Lipinski definition) is 0. The van der Waals surface area contributed by atoms with E-state index in [-0.39, 0.29) is 0 Å². The van der Waals surface area contributed by atoms with Gasteiger partial charge in [0.05, 0.1) is 5.52 Å². The van der Waals surface area contributed by atoms with Gasteiger partial charge in [0.1, 0.15) is 0 Å². The summed E-state index contributed by atoms with van der Waals surface area (Å²) in [5.41, 5.74) is 2.42. The molecular weight excluding hydrogens is 238 g/mol. The highest BCUT2D eigenvalue weighted by atomic mass is 79.9. The summed E-state index contributed by atoms with van der Waals surface area (Å²) in [5.74, 6) is 0.514. The van der Waals surface area contributed by atoms with E-state index in [9.17, 15) is 0 Å². The van der Waals surface area contributed by atoms with Crippen molar-refractivity contribution >= 4 is 26.8 Å². The highest BCUT2D eigenvalue weighted by Crippen LogP contribution is 2.28. The van der Waals surface area contributed by atoms with Crippen molar-refractivity contribution in [3.63, 3.8) is 0 Å². The molecule has 0 aliphatic rings. The fraction of sp³-hybridized carbons (Fsp3) is 0.250. The van der Waals surface area contributed by atoms with Crippen LogP contribution in [0.1, 0.15) is 25.3 Å². The molecule has 1 aromatic heterocycles. The molecule has 2 heteroatoms. The molecule has 0 N–H and O–H groups in total. The fourth-order valence-corrected chi connectivity index (χ4v) is 2.08. The third-order valence-electron chi connectivity index (χ3n) is 2.37. The van der Waals surface area contributed by atoms with Crippen LogP contribution in [0.15, 0.2) is 34.9 Å². The van der Waals surface area contributed by atoms with Gasteiger partial charge in [-0.05, 0) is 23.6 Å². The summed E-state index contributed by atoms with van der Waals surface area (Å²) in [4.78, 5) is 4.43. The van der Waals surface area contributed by atoms with E-state index in [0.29, 0.717) is 5.92 Å². The molecule has 0 unspecified atom stereocenters. The van der Waals surface area contributed by atoms with Crippen molar-refractivity contribution in [1.82, 2.24) is 4.98 Å². The first kappa shape index (κ1) is 9.66. The maximum atomic E-state index is 4.43. The number of halogens is 1. The summed E-state index contributed by atoms with van der Waals surface area (Å²) in [6.07, 6.45) is 1.85. The van der Waals surface area contributed by atoms with Crippen molar-refractivity contribution in [1.29, 1.82) is 0 Å². The van der Waals surface area contributed by atoms with E-state index in [1.165, 1.54) is 10.9 Å². The van der Waals surface area contributed by atoms with Crippen LogP contribution >= 0.6 is 15.9 Å². The largest absolute Gasteiger partial charge is 0.256 e. The van der Waals surface area contributed by atoms with Crippen molar-refractivity contribution < 1.29 is 0 Å². The molecule has 0 amide bonds. The number of hydrogen-bond acceptors (Lipinski definition) is 1. The normalized spacial score (nSPS) is 11.1. The lowest BCUT2D eigenvalue weighted by Crippen LogP contribution is -1.91. The van der Waals surface area contributed by atoms with Gasteiger partial charge in [-0.3, -0.25) is 4.98 Å². The lowest BCUT2D eigenvalue weighted by molar-refractivity contribution is 0.872. The lowest BCUT2D eigenvalue weighted by Gasteiger charge is -2.09. The Morgan fingerprint density at radius 3 is 2.71 bits per heavy atom. The summed E-state index contributed by atoms with van der Waals surface area (Å²) in [5, 5.41) is 1.19. The molecule has 0 radical (unpaired) electrons. The van der Waals surface area contributed by atoms with Gasteiger partial charge < -0.3 is 0 Å². The summed E-state index contributed by atoms with van der Waals surface area (Å²) in [6.45, 7) is 4.38. The maximum absolute atomic E-state index is 4.43. The van der Waals surface area contributed by atoms with Gasteiger partial charge in [0.2, 0.25) is 0 Å². The molecule has 0 bridgehead atoms. The van der Waals surface area contributed by atoms with Crippen LogP contribution in [0.2, 0.25) is 0 Å². The van der Waals surface area contributed by atoms with Gasteiger partial charge in [-0.1, -0.05) is 41.9 Å². The molecule has 2 aromatic rings. The van der Waals surface area contributed by atoms with E-state index >= 15 is 0 Å². The minimum Gasteiger partial charge on any atom is -0.256 e. The average Bonchev–Trinajstić information content (AvgIpc) is 2.18. The van der Waals surface area contributed by atoms with Crippen molar-refractivity contribution in [2.45, 2.75) is 19.8 Å². The second-order valence-electron chi connectivity index (χ2n) is 3.69. The molecule has 0 spiro atoms. The van der Waals surface area contributed by atoms with Gasteiger partial charge in [0, 0.05) is 16.1 Å². The van der Waals surface area contributed by atoms with E-state index < -0.39 is 0 Å². The summed E-state index contributed by atoms with van der Waals surface area (Å²) < 4.78 is 1.12. The Labute approximate surface area is 92.3 Å². The van der Waals surface area contributed by atoms with E-state index in [4.69, 9.17) is 0 Å². The van der Waals surface area contributed by atoms with Crippen molar-refractivity contribution in [2.24, 2.45) is 0 Å². The monoisotopic (exact) mass is 249 g/mol. The topological polar surface area (TPSA) is 12.9 Å². The Hall–Kier alpha value is -0.890. The van der Waals surface area contributed by atoms with Gasteiger partial charge >= 0.3 is 0 Å². The van der Waals surface area contributed by atoms with Gasteiger partial charge in [0.15, 0.2) is 0 Å². The molecule has 1 aromatic carbocycles. The quantitative estimate of drug-likeness (QED) is 0.741. The maximum Gasteiger partial charge on any atom is 0.0747 e. The van der Waals surface area contributed by atoms with E-state index in [1.807, 2.05) is 12.3 Å². The van der Waals surface area contributed by atoms with Crippen molar-refractivity contribution in [3.05, 3.63) is 40.5 Å². The van der Waals surface area contributed by atoms with Crippen molar-refractivity contribution in [3.8, 4) is 0 Å². The Balaban J connectivity index is 2.82. The third-order valence-corrected chi connectivity index (χ3v) is 3.06. The highest BCUT2D eigenvalue weighted by Gasteiger charge is 2.07. The van der Waals surface area contributed by atoms with Crippen LogP contribution in [0.3, 0.4) is 0 Å². The van der Waals surface area contributed by atoms with Crippen LogP contribution in [-0.4, -0.2) is 4.98 Å². The minimum absolute atomic E-state index is 0.514. The first-order valence-electron chi connectivity index (χ1n) is 4.73. The zero-order valence-corrected chi connectivity index (χ0v) is 9.88. The van der Waals surface area contributed by atoms with Crippen LogP contribution in [0.4, 0.5) is 0 Å². The van der Waals surface area contributed by atoms with Crippen LogP contribution in [-0.2, 0) is 0 Å². The Morgan fingerprint density at radius 2 is 2.00 bits per heavy atom. The fourth-order valence-electron chi connectivity index (χ4n) is 1.63. The Morgan fingerprint density at radius 1 is 1.21 bits per heavy atom. The molecular formula is C12H12BrN. The van der Waals surface area contributed by atoms with Gasteiger partial charge in [-0.25, -0.2) is 0 Å². The molecule has 0 aliphatic heterocycles. The minimum atomic E-state index is 0.514. The molecule has 0 saturated heterocycles. The van der Waals surface area contributed by atoms with Crippen LogP contribution in [0, 0.1) is 0 Å². The standard InChI is InChI=1S/C12H12BrN/c1-8(2)9-5-6-11(13)10-4-3-7-14-12(9)10/h3-8H,1-2H3. The molecule has 1 heterocycles. The number of fused-ring (bicyclic) bond motifs is 1. The van der Waals surface area contributed by atoms with E-state index in [0.717, 1.165) is 9.99 Å². The number of benzene rings is 1. The van der Waals surface area contributed by atoms with Gasteiger partial charge in [-0.2, -0.15) is 0 Å². The van der Waals surface area contributed by atoms with Gasteiger partial charge in [0.25, 0.3) is 0 Å². The summed E-state index contributed by atoms with van der Waals surface area (Å²) >= 11 is 3.54. The Bertz CT molecular complexity index is 463. The molecule has 0 fully saturated rings. The molecule has 1 nitrogen and oxygen atoms in total. The second kappa shape index (κ2) is 3.70. The van der Waals surface area contributed by atoms with Crippen molar-refractivity contribution in [2.75, 3.05) is 0 Å². The molecule has 2 rings (SSSR count). The third kappa shape index (κ3) is 1.55. The number of rotatable bonds is 1. The van der Waals surface area contributed by atoms with E-state index in [1.54, 1.807) is 0 Å².